The van der Waals surface area contributed by atoms with Crippen LogP contribution in [-0.4, -0.2) is 30.7 Å². The Hall–Kier alpha value is -2.60. The molecule has 0 aliphatic carbocycles. The Balaban J connectivity index is 1.85. The number of amides is 1. The molecule has 148 valence electrons. The van der Waals surface area contributed by atoms with E-state index in [9.17, 15) is 14.9 Å². The van der Waals surface area contributed by atoms with Crippen molar-refractivity contribution in [3.8, 4) is 5.82 Å². The van der Waals surface area contributed by atoms with Gasteiger partial charge in [0.1, 0.15) is 16.0 Å². The predicted molar refractivity (Wildman–Crippen MR) is 116 cm³/mol. The van der Waals surface area contributed by atoms with E-state index < -0.39 is 10.8 Å². The van der Waals surface area contributed by atoms with E-state index in [0.29, 0.717) is 4.60 Å². The molecular formula is C16H9BrCl2N6O3S. The highest BCUT2D eigenvalue weighted by atomic mass is 79.9. The number of nitro groups is 1. The average Bonchev–Trinajstić information content (AvgIpc) is 3.05. The van der Waals surface area contributed by atoms with Gasteiger partial charge in [-0.25, -0.2) is 9.67 Å². The normalized spacial score (nSPS) is 10.4. The Morgan fingerprint density at radius 3 is 2.66 bits per heavy atom. The number of para-hydroxylation sites is 1. The lowest BCUT2D eigenvalue weighted by Gasteiger charge is -2.12. The molecule has 1 aromatic carbocycles. The van der Waals surface area contributed by atoms with Crippen molar-refractivity contribution in [2.24, 2.45) is 0 Å². The molecule has 2 heterocycles. The molecule has 0 bridgehead atoms. The molecule has 13 heteroatoms. The molecule has 2 aromatic heterocycles. The standard InChI is InChI=1S/C16H9BrCl2N6O3S/c17-12-7-11(24(23-12)14-9(19)4-2-6-20-14)15(26)22-16(29)21-13-8(18)3-1-5-10(13)25(27)28/h1-7H,(H2,21,22,26,29). The summed E-state index contributed by atoms with van der Waals surface area (Å²) in [4.78, 5) is 27.4. The maximum absolute atomic E-state index is 12.7. The number of anilines is 1. The van der Waals surface area contributed by atoms with Gasteiger partial charge in [0, 0.05) is 18.3 Å². The Labute approximate surface area is 187 Å². The Morgan fingerprint density at radius 2 is 1.97 bits per heavy atom. The van der Waals surface area contributed by atoms with Gasteiger partial charge in [-0.1, -0.05) is 29.3 Å². The fourth-order valence-corrected chi connectivity index (χ4v) is 3.30. The summed E-state index contributed by atoms with van der Waals surface area (Å²) in [5, 5.41) is 20.5. The van der Waals surface area contributed by atoms with Crippen LogP contribution in [0.2, 0.25) is 10.0 Å². The van der Waals surface area contributed by atoms with Gasteiger partial charge in [-0.15, -0.1) is 0 Å². The third kappa shape index (κ3) is 4.70. The molecule has 1 amide bonds. The molecule has 0 aliphatic heterocycles. The number of pyridine rings is 1. The van der Waals surface area contributed by atoms with E-state index in [1.165, 1.54) is 35.1 Å². The van der Waals surface area contributed by atoms with Crippen LogP contribution in [0.3, 0.4) is 0 Å². The first-order chi connectivity index (χ1) is 13.8. The van der Waals surface area contributed by atoms with Crippen LogP contribution in [0.5, 0.6) is 0 Å². The van der Waals surface area contributed by atoms with Crippen LogP contribution >= 0.6 is 51.3 Å². The molecule has 0 aliphatic rings. The van der Waals surface area contributed by atoms with Crippen molar-refractivity contribution in [3.63, 3.8) is 0 Å². The molecule has 0 fully saturated rings. The summed E-state index contributed by atoms with van der Waals surface area (Å²) in [6.45, 7) is 0. The molecule has 2 N–H and O–H groups in total. The average molecular weight is 516 g/mol. The highest BCUT2D eigenvalue weighted by Crippen LogP contribution is 2.31. The molecule has 3 aromatic rings. The third-order valence-corrected chi connectivity index (χ3v) is 4.71. The zero-order valence-electron chi connectivity index (χ0n) is 14.1. The monoisotopic (exact) mass is 514 g/mol. The van der Waals surface area contributed by atoms with E-state index >= 15 is 0 Å². The first-order valence-corrected chi connectivity index (χ1v) is 9.65. The number of carbonyl (C=O) groups is 1. The summed E-state index contributed by atoms with van der Waals surface area (Å²) in [6.07, 6.45) is 1.50. The van der Waals surface area contributed by atoms with Gasteiger partial charge < -0.3 is 5.32 Å². The van der Waals surface area contributed by atoms with Gasteiger partial charge in [-0.2, -0.15) is 5.10 Å². The highest BCUT2D eigenvalue weighted by molar-refractivity contribution is 9.10. The highest BCUT2D eigenvalue weighted by Gasteiger charge is 2.22. The van der Waals surface area contributed by atoms with E-state index in [2.05, 4.69) is 36.6 Å². The molecule has 0 spiro atoms. The van der Waals surface area contributed by atoms with E-state index in [1.54, 1.807) is 12.1 Å². The van der Waals surface area contributed by atoms with Crippen LogP contribution in [0.25, 0.3) is 5.82 Å². The molecular weight excluding hydrogens is 507 g/mol. The van der Waals surface area contributed by atoms with Crippen LogP contribution in [0, 0.1) is 10.1 Å². The fourth-order valence-electron chi connectivity index (χ4n) is 2.31. The second kappa shape index (κ2) is 8.82. The number of nitrogens with zero attached hydrogens (tertiary/aromatic N) is 4. The minimum Gasteiger partial charge on any atom is -0.326 e. The Kier molecular flexibility index (Phi) is 6.42. The zero-order chi connectivity index (χ0) is 21.1. The van der Waals surface area contributed by atoms with Crippen LogP contribution in [0.4, 0.5) is 11.4 Å². The summed E-state index contributed by atoms with van der Waals surface area (Å²) in [6, 6.07) is 8.83. The topological polar surface area (TPSA) is 115 Å². The number of aromatic nitrogens is 3. The lowest BCUT2D eigenvalue weighted by Crippen LogP contribution is -2.35. The van der Waals surface area contributed by atoms with Crippen LogP contribution in [-0.2, 0) is 0 Å². The smallest absolute Gasteiger partial charge is 0.294 e. The number of rotatable bonds is 4. The predicted octanol–water partition coefficient (Wildman–Crippen LogP) is 4.37. The molecule has 0 saturated carbocycles. The summed E-state index contributed by atoms with van der Waals surface area (Å²) in [5.74, 6) is -0.400. The first-order valence-electron chi connectivity index (χ1n) is 7.69. The maximum Gasteiger partial charge on any atom is 0.294 e. The van der Waals surface area contributed by atoms with Gasteiger partial charge in [0.25, 0.3) is 11.6 Å². The number of nitro benzene ring substituents is 1. The maximum atomic E-state index is 12.7. The minimum atomic E-state index is -0.642. The van der Waals surface area contributed by atoms with Crippen molar-refractivity contribution >= 4 is 73.7 Å². The van der Waals surface area contributed by atoms with Gasteiger partial charge in [0.15, 0.2) is 10.9 Å². The number of hydrogen-bond donors (Lipinski definition) is 2. The Bertz CT molecular complexity index is 1140. The van der Waals surface area contributed by atoms with E-state index in [-0.39, 0.29) is 38.0 Å². The second-order valence-corrected chi connectivity index (χ2v) is 7.41. The minimum absolute atomic E-state index is 0.0353. The molecule has 0 saturated heterocycles. The van der Waals surface area contributed by atoms with Gasteiger partial charge in [-0.3, -0.25) is 20.2 Å². The summed E-state index contributed by atoms with van der Waals surface area (Å²) in [5.41, 5.74) is -0.246. The lowest BCUT2D eigenvalue weighted by atomic mass is 10.2. The van der Waals surface area contributed by atoms with E-state index in [1.807, 2.05) is 0 Å². The van der Waals surface area contributed by atoms with Gasteiger partial charge in [-0.05, 0) is 46.3 Å². The summed E-state index contributed by atoms with van der Waals surface area (Å²) < 4.78 is 1.60. The van der Waals surface area contributed by atoms with Crippen molar-refractivity contribution in [1.29, 1.82) is 0 Å². The van der Waals surface area contributed by atoms with Crippen LogP contribution in [0.1, 0.15) is 10.5 Å². The van der Waals surface area contributed by atoms with Gasteiger partial charge in [0.05, 0.1) is 15.0 Å². The molecule has 0 unspecified atom stereocenters. The zero-order valence-corrected chi connectivity index (χ0v) is 18.0. The van der Waals surface area contributed by atoms with Gasteiger partial charge >= 0.3 is 0 Å². The first kappa shape index (κ1) is 21.1. The second-order valence-electron chi connectivity index (χ2n) is 5.37. The lowest BCUT2D eigenvalue weighted by molar-refractivity contribution is -0.383. The molecule has 3 rings (SSSR count). The number of carbonyl (C=O) groups excluding carboxylic acids is 1. The summed E-state index contributed by atoms with van der Waals surface area (Å²) in [7, 11) is 0. The van der Waals surface area contributed by atoms with Crippen molar-refractivity contribution in [2.45, 2.75) is 0 Å². The fraction of sp³-hybridized carbons (Fsp3) is 0. The van der Waals surface area contributed by atoms with Crippen LogP contribution < -0.4 is 10.6 Å². The van der Waals surface area contributed by atoms with Crippen LogP contribution in [0.15, 0.2) is 47.2 Å². The quantitative estimate of drug-likeness (QED) is 0.301. The SMILES string of the molecule is O=C(NC(=S)Nc1c(Cl)cccc1[N+](=O)[O-])c1cc(Br)nn1-c1ncccc1Cl. The Morgan fingerprint density at radius 1 is 1.24 bits per heavy atom. The van der Waals surface area contributed by atoms with Crippen molar-refractivity contribution < 1.29 is 9.72 Å². The van der Waals surface area contributed by atoms with E-state index in [0.717, 1.165) is 0 Å². The number of benzene rings is 1. The largest absolute Gasteiger partial charge is 0.326 e. The number of halogens is 3. The van der Waals surface area contributed by atoms with E-state index in [4.69, 9.17) is 35.4 Å². The number of nitrogens with one attached hydrogen (secondary N) is 2. The summed E-state index contributed by atoms with van der Waals surface area (Å²) >= 11 is 20.5. The third-order valence-electron chi connectivity index (χ3n) is 3.51. The van der Waals surface area contributed by atoms with Crippen molar-refractivity contribution in [3.05, 3.63) is 73.1 Å². The molecule has 0 radical (unpaired) electrons. The molecule has 0 atom stereocenters. The van der Waals surface area contributed by atoms with Gasteiger partial charge in [0.2, 0.25) is 0 Å². The van der Waals surface area contributed by atoms with Crippen molar-refractivity contribution in [1.82, 2.24) is 20.1 Å². The number of thiocarbonyl (C=S) groups is 1. The molecule has 29 heavy (non-hydrogen) atoms. The molecule has 9 nitrogen and oxygen atoms in total. The van der Waals surface area contributed by atoms with Crippen molar-refractivity contribution in [2.75, 3.05) is 5.32 Å². The number of hydrogen-bond acceptors (Lipinski definition) is 6.